The van der Waals surface area contributed by atoms with Gasteiger partial charge in [-0.1, -0.05) is 48.0 Å². The minimum Gasteiger partial charge on any atom is -0.418 e. The SMILES string of the molecule is O=C(N[C@@H](c1ccc(Cl)cc1)c1nnc(-c2ccccc2)o1)c1cccc(F)c1. The van der Waals surface area contributed by atoms with Crippen molar-refractivity contribution in [2.45, 2.75) is 6.04 Å². The Morgan fingerprint density at radius 3 is 2.45 bits per heavy atom. The molecule has 5 nitrogen and oxygen atoms in total. The summed E-state index contributed by atoms with van der Waals surface area (Å²) in [4.78, 5) is 12.7. The van der Waals surface area contributed by atoms with Gasteiger partial charge >= 0.3 is 0 Å². The number of aromatic nitrogens is 2. The molecule has 0 unspecified atom stereocenters. The summed E-state index contributed by atoms with van der Waals surface area (Å²) >= 11 is 5.99. The lowest BCUT2D eigenvalue weighted by Gasteiger charge is -2.16. The molecule has 4 aromatic rings. The minimum absolute atomic E-state index is 0.187. The van der Waals surface area contributed by atoms with Gasteiger partial charge in [0.05, 0.1) is 0 Å². The summed E-state index contributed by atoms with van der Waals surface area (Å²) < 4.78 is 19.3. The Bertz CT molecular complexity index is 1130. The van der Waals surface area contributed by atoms with Crippen molar-refractivity contribution in [1.82, 2.24) is 15.5 Å². The third-order valence-corrected chi connectivity index (χ3v) is 4.53. The van der Waals surface area contributed by atoms with Crippen molar-refractivity contribution in [3.05, 3.63) is 107 Å². The Balaban J connectivity index is 1.68. The third-order valence-electron chi connectivity index (χ3n) is 4.27. The highest BCUT2D eigenvalue weighted by Crippen LogP contribution is 2.26. The molecule has 1 heterocycles. The Kier molecular flexibility index (Phi) is 5.35. The van der Waals surface area contributed by atoms with Crippen molar-refractivity contribution in [2.75, 3.05) is 0 Å². The second kappa shape index (κ2) is 8.24. The van der Waals surface area contributed by atoms with Crippen molar-refractivity contribution in [1.29, 1.82) is 0 Å². The number of hydrogen-bond acceptors (Lipinski definition) is 4. The zero-order chi connectivity index (χ0) is 20.2. The zero-order valence-corrected chi connectivity index (χ0v) is 15.8. The fraction of sp³-hybridized carbons (Fsp3) is 0.0455. The van der Waals surface area contributed by atoms with Crippen LogP contribution in [0.15, 0.2) is 83.3 Å². The first kappa shape index (κ1) is 18.8. The van der Waals surface area contributed by atoms with E-state index in [-0.39, 0.29) is 11.5 Å². The third kappa shape index (κ3) is 4.33. The molecule has 1 aromatic heterocycles. The average molecular weight is 408 g/mol. The number of nitrogens with zero attached hydrogens (tertiary/aromatic N) is 2. The van der Waals surface area contributed by atoms with Crippen LogP contribution in [0.4, 0.5) is 4.39 Å². The number of carbonyl (C=O) groups excluding carboxylic acids is 1. The second-order valence-electron chi connectivity index (χ2n) is 6.28. The van der Waals surface area contributed by atoms with Gasteiger partial charge in [0.15, 0.2) is 0 Å². The first-order valence-corrected chi connectivity index (χ1v) is 9.18. The van der Waals surface area contributed by atoms with Gasteiger partial charge in [-0.05, 0) is 48.0 Å². The van der Waals surface area contributed by atoms with E-state index in [0.717, 1.165) is 11.6 Å². The molecule has 0 radical (unpaired) electrons. The zero-order valence-electron chi connectivity index (χ0n) is 15.0. The predicted octanol–water partition coefficient (Wildman–Crippen LogP) is 5.05. The summed E-state index contributed by atoms with van der Waals surface area (Å²) in [5.74, 6) is -0.427. The van der Waals surface area contributed by atoms with Crippen molar-refractivity contribution in [2.24, 2.45) is 0 Å². The number of carbonyl (C=O) groups is 1. The van der Waals surface area contributed by atoms with E-state index in [0.29, 0.717) is 16.5 Å². The van der Waals surface area contributed by atoms with Gasteiger partial charge in [-0.25, -0.2) is 4.39 Å². The molecule has 0 bridgehead atoms. The van der Waals surface area contributed by atoms with Crippen LogP contribution in [0.1, 0.15) is 27.9 Å². The lowest BCUT2D eigenvalue weighted by molar-refractivity contribution is 0.0937. The molecule has 0 aliphatic rings. The number of halogens is 2. The van der Waals surface area contributed by atoms with E-state index >= 15 is 0 Å². The van der Waals surface area contributed by atoms with Crippen molar-refractivity contribution in [3.63, 3.8) is 0 Å². The summed E-state index contributed by atoms with van der Waals surface area (Å²) in [5.41, 5.74) is 1.65. The summed E-state index contributed by atoms with van der Waals surface area (Å²) in [7, 11) is 0. The smallest absolute Gasteiger partial charge is 0.252 e. The molecular formula is C22H15ClFN3O2. The molecule has 0 aliphatic carbocycles. The van der Waals surface area contributed by atoms with Gasteiger partial charge in [-0.3, -0.25) is 4.79 Å². The largest absolute Gasteiger partial charge is 0.418 e. The van der Waals surface area contributed by atoms with Gasteiger partial charge in [-0.2, -0.15) is 0 Å². The molecular weight excluding hydrogens is 393 g/mol. The van der Waals surface area contributed by atoms with Crippen LogP contribution in [0.2, 0.25) is 5.02 Å². The molecule has 0 spiro atoms. The van der Waals surface area contributed by atoms with E-state index in [9.17, 15) is 9.18 Å². The molecule has 1 amide bonds. The highest BCUT2D eigenvalue weighted by Gasteiger charge is 2.24. The minimum atomic E-state index is -0.729. The van der Waals surface area contributed by atoms with Gasteiger partial charge in [0, 0.05) is 16.1 Å². The predicted molar refractivity (Wildman–Crippen MR) is 107 cm³/mol. The number of hydrogen-bond donors (Lipinski definition) is 1. The van der Waals surface area contributed by atoms with Gasteiger partial charge in [0.1, 0.15) is 11.9 Å². The maximum absolute atomic E-state index is 13.5. The number of benzene rings is 3. The fourth-order valence-electron chi connectivity index (χ4n) is 2.84. The van der Waals surface area contributed by atoms with E-state index in [1.165, 1.54) is 18.2 Å². The lowest BCUT2D eigenvalue weighted by Crippen LogP contribution is -2.29. The average Bonchev–Trinajstić information content (AvgIpc) is 3.23. The first-order chi connectivity index (χ1) is 14.1. The molecule has 0 aliphatic heterocycles. The Morgan fingerprint density at radius 1 is 0.966 bits per heavy atom. The molecule has 1 atom stereocenters. The number of rotatable bonds is 5. The van der Waals surface area contributed by atoms with Gasteiger partial charge in [0.2, 0.25) is 11.8 Å². The van der Waals surface area contributed by atoms with E-state index in [4.69, 9.17) is 16.0 Å². The van der Waals surface area contributed by atoms with Crippen molar-refractivity contribution >= 4 is 17.5 Å². The second-order valence-corrected chi connectivity index (χ2v) is 6.72. The monoisotopic (exact) mass is 407 g/mol. The Morgan fingerprint density at radius 2 is 1.72 bits per heavy atom. The van der Waals surface area contributed by atoms with Crippen molar-refractivity contribution < 1.29 is 13.6 Å². The van der Waals surface area contributed by atoms with Crippen LogP contribution in [0.25, 0.3) is 11.5 Å². The van der Waals surface area contributed by atoms with Gasteiger partial charge < -0.3 is 9.73 Å². The van der Waals surface area contributed by atoms with Crippen LogP contribution >= 0.6 is 11.6 Å². The summed E-state index contributed by atoms with van der Waals surface area (Å²) in [6.45, 7) is 0. The van der Waals surface area contributed by atoms with Crippen LogP contribution in [-0.4, -0.2) is 16.1 Å². The van der Waals surface area contributed by atoms with Gasteiger partial charge in [0.25, 0.3) is 5.91 Å². The molecule has 4 rings (SSSR count). The molecule has 0 saturated heterocycles. The molecule has 7 heteroatoms. The van der Waals surface area contributed by atoms with E-state index in [2.05, 4.69) is 15.5 Å². The van der Waals surface area contributed by atoms with E-state index in [1.54, 1.807) is 24.3 Å². The standard InChI is InChI=1S/C22H15ClFN3O2/c23-17-11-9-14(10-12-17)19(25-20(28)16-7-4-8-18(24)13-16)22-27-26-21(29-22)15-5-2-1-3-6-15/h1-13,19H,(H,25,28)/t19-/m0/s1. The van der Waals surface area contributed by atoms with Crippen LogP contribution in [0, 0.1) is 5.82 Å². The maximum Gasteiger partial charge on any atom is 0.252 e. The molecule has 144 valence electrons. The van der Waals surface area contributed by atoms with Crippen molar-refractivity contribution in [3.8, 4) is 11.5 Å². The summed E-state index contributed by atoms with van der Waals surface area (Å²) in [6.07, 6.45) is 0. The van der Waals surface area contributed by atoms with Crippen LogP contribution < -0.4 is 5.32 Å². The lowest BCUT2D eigenvalue weighted by atomic mass is 10.1. The molecule has 0 saturated carbocycles. The molecule has 0 fully saturated rings. The fourth-order valence-corrected chi connectivity index (χ4v) is 2.96. The number of amides is 1. The van der Waals surface area contributed by atoms with E-state index < -0.39 is 17.8 Å². The van der Waals surface area contributed by atoms with Crippen LogP contribution in [0.3, 0.4) is 0 Å². The maximum atomic E-state index is 13.5. The van der Waals surface area contributed by atoms with Crippen LogP contribution in [0.5, 0.6) is 0 Å². The summed E-state index contributed by atoms with van der Waals surface area (Å²) in [6, 6.07) is 20.9. The highest BCUT2D eigenvalue weighted by molar-refractivity contribution is 6.30. The normalized spacial score (nSPS) is 11.8. The van der Waals surface area contributed by atoms with E-state index in [1.807, 2.05) is 30.3 Å². The summed E-state index contributed by atoms with van der Waals surface area (Å²) in [5, 5.41) is 11.6. The molecule has 29 heavy (non-hydrogen) atoms. The quantitative estimate of drug-likeness (QED) is 0.502. The molecule has 1 N–H and O–H groups in total. The molecule has 3 aromatic carbocycles. The van der Waals surface area contributed by atoms with Crippen LogP contribution in [-0.2, 0) is 0 Å². The Labute approximate surface area is 171 Å². The van der Waals surface area contributed by atoms with Gasteiger partial charge in [-0.15, -0.1) is 10.2 Å². The number of nitrogens with one attached hydrogen (secondary N) is 1. The Hall–Kier alpha value is -3.51. The highest BCUT2D eigenvalue weighted by atomic mass is 35.5. The first-order valence-electron chi connectivity index (χ1n) is 8.81. The topological polar surface area (TPSA) is 68.0 Å².